The molecule has 2 aromatic carbocycles. The number of fused-ring (bicyclic) bond motifs is 1. The SMILES string of the molecule is [N-]=[N+]=NCCCNC(=O)c1cnc(-c2cc3cc(OCCOc4c(N(CC(=O)O)CC(=O)O)ccc(F)c4F)c(N(CC(=O)O)CC(=O)O)cc3o2)o1. The van der Waals surface area contributed by atoms with Gasteiger partial charge in [0.1, 0.15) is 50.7 Å². The van der Waals surface area contributed by atoms with Gasteiger partial charge < -0.3 is 53.9 Å². The van der Waals surface area contributed by atoms with E-state index in [1.54, 1.807) is 0 Å². The molecule has 5 N–H and O–H groups in total. The predicted molar refractivity (Wildman–Crippen MR) is 175 cm³/mol. The number of amides is 1. The van der Waals surface area contributed by atoms with Gasteiger partial charge in [-0.15, -0.1) is 0 Å². The van der Waals surface area contributed by atoms with Gasteiger partial charge in [0.15, 0.2) is 17.3 Å². The number of hydrogen-bond donors (Lipinski definition) is 5. The number of furan rings is 1. The monoisotopic (exact) mass is 745 g/mol. The minimum Gasteiger partial charge on any atom is -0.488 e. The molecule has 22 heteroatoms. The number of anilines is 2. The fourth-order valence-electron chi connectivity index (χ4n) is 4.81. The van der Waals surface area contributed by atoms with Crippen molar-refractivity contribution in [1.29, 1.82) is 0 Å². The van der Waals surface area contributed by atoms with Gasteiger partial charge in [-0.1, -0.05) is 5.11 Å². The van der Waals surface area contributed by atoms with E-state index in [2.05, 4.69) is 20.3 Å². The van der Waals surface area contributed by atoms with Crippen LogP contribution in [0.1, 0.15) is 17.0 Å². The van der Waals surface area contributed by atoms with Gasteiger partial charge in [0.25, 0.3) is 11.8 Å². The maximum atomic E-state index is 14.9. The molecule has 0 aliphatic heterocycles. The minimum absolute atomic E-state index is 0.0123. The quantitative estimate of drug-likeness (QED) is 0.0354. The molecule has 0 aliphatic rings. The summed E-state index contributed by atoms with van der Waals surface area (Å²) in [6.07, 6.45) is 1.52. The van der Waals surface area contributed by atoms with Crippen molar-refractivity contribution in [2.45, 2.75) is 6.42 Å². The summed E-state index contributed by atoms with van der Waals surface area (Å²) in [4.78, 5) is 66.8. The number of halogens is 2. The van der Waals surface area contributed by atoms with E-state index >= 15 is 0 Å². The minimum atomic E-state index is -1.54. The van der Waals surface area contributed by atoms with Crippen LogP contribution < -0.4 is 24.6 Å². The first-order valence-corrected chi connectivity index (χ1v) is 15.2. The zero-order chi connectivity index (χ0) is 38.7. The van der Waals surface area contributed by atoms with E-state index in [1.165, 1.54) is 18.2 Å². The maximum Gasteiger partial charge on any atom is 0.323 e. The Kier molecular flexibility index (Phi) is 12.9. The Labute approximate surface area is 295 Å². The number of benzene rings is 2. The highest BCUT2D eigenvalue weighted by molar-refractivity contribution is 5.92. The second kappa shape index (κ2) is 17.7. The molecule has 2 aromatic heterocycles. The molecule has 280 valence electrons. The largest absolute Gasteiger partial charge is 0.488 e. The number of carbonyl (C=O) groups is 5. The molecule has 1 amide bonds. The first-order valence-electron chi connectivity index (χ1n) is 15.2. The van der Waals surface area contributed by atoms with Gasteiger partial charge in [-0.05, 0) is 36.2 Å². The second-order valence-electron chi connectivity index (χ2n) is 10.8. The van der Waals surface area contributed by atoms with Crippen LogP contribution in [0.25, 0.3) is 33.1 Å². The number of oxazole rings is 1. The number of nitrogens with zero attached hydrogens (tertiary/aromatic N) is 6. The highest BCUT2D eigenvalue weighted by atomic mass is 19.2. The Morgan fingerprint density at radius 3 is 2.11 bits per heavy atom. The molecule has 53 heavy (non-hydrogen) atoms. The van der Waals surface area contributed by atoms with Crippen molar-refractivity contribution in [3.63, 3.8) is 0 Å². The second-order valence-corrected chi connectivity index (χ2v) is 10.8. The third-order valence-corrected chi connectivity index (χ3v) is 6.92. The third kappa shape index (κ3) is 10.5. The normalized spacial score (nSPS) is 10.7. The van der Waals surface area contributed by atoms with Crippen molar-refractivity contribution in [2.24, 2.45) is 5.11 Å². The van der Waals surface area contributed by atoms with Crippen molar-refractivity contribution in [2.75, 3.05) is 62.3 Å². The molecule has 0 radical (unpaired) electrons. The average Bonchev–Trinajstić information content (AvgIpc) is 3.74. The number of rotatable bonds is 21. The number of aliphatic carboxylic acids is 4. The first kappa shape index (κ1) is 38.7. The van der Waals surface area contributed by atoms with E-state index in [0.717, 1.165) is 22.1 Å². The Bertz CT molecular complexity index is 2030. The number of aromatic nitrogens is 1. The predicted octanol–water partition coefficient (Wildman–Crippen LogP) is 3.21. The first-order chi connectivity index (χ1) is 25.3. The fourth-order valence-corrected chi connectivity index (χ4v) is 4.81. The van der Waals surface area contributed by atoms with Crippen LogP contribution in [0, 0.1) is 11.6 Å². The number of carbonyl (C=O) groups excluding carboxylic acids is 1. The van der Waals surface area contributed by atoms with Crippen molar-refractivity contribution < 1.29 is 71.5 Å². The van der Waals surface area contributed by atoms with Crippen LogP contribution in [0.4, 0.5) is 20.2 Å². The molecule has 4 rings (SSSR count). The van der Waals surface area contributed by atoms with Crippen LogP contribution in [-0.4, -0.2) is 108 Å². The van der Waals surface area contributed by atoms with Gasteiger partial charge in [-0.3, -0.25) is 24.0 Å². The standard InChI is InChI=1S/C31H29F2N7O13/c32-17-2-3-18(39(12-24(41)42)13-25(43)44)29(28(17)33)51-7-6-50-21-8-16-9-22(31-36-11-23(53-31)30(49)35-4-1-5-37-38-34)52-20(16)10-19(21)40(14-26(45)46)15-27(47)48/h2-3,8-11H,1,4-7,12-15H2,(H,35,49)(H,41,42)(H,43,44)(H,45,46)(H,47,48). The molecule has 0 unspecified atom stereocenters. The van der Waals surface area contributed by atoms with E-state index in [4.69, 9.17) is 23.8 Å². The van der Waals surface area contributed by atoms with E-state index in [-0.39, 0.29) is 53.2 Å². The Morgan fingerprint density at radius 2 is 1.49 bits per heavy atom. The average molecular weight is 746 g/mol. The maximum absolute atomic E-state index is 14.9. The summed E-state index contributed by atoms with van der Waals surface area (Å²) in [5.41, 5.74) is 7.96. The molecular formula is C31H29F2N7O13. The molecule has 4 aromatic rings. The lowest BCUT2D eigenvalue weighted by molar-refractivity contribution is -0.138. The molecule has 0 saturated carbocycles. The third-order valence-electron chi connectivity index (χ3n) is 6.92. The summed E-state index contributed by atoms with van der Waals surface area (Å²) in [5.74, 6) is -10.5. The zero-order valence-corrected chi connectivity index (χ0v) is 27.2. The van der Waals surface area contributed by atoms with Crippen LogP contribution in [0.15, 0.2) is 50.5 Å². The molecular weight excluding hydrogens is 716 g/mol. The molecule has 0 aliphatic carbocycles. The van der Waals surface area contributed by atoms with Crippen LogP contribution in [0.3, 0.4) is 0 Å². The van der Waals surface area contributed by atoms with Crippen molar-refractivity contribution in [1.82, 2.24) is 10.3 Å². The van der Waals surface area contributed by atoms with Crippen LogP contribution in [-0.2, 0) is 19.2 Å². The number of ether oxygens (including phenoxy) is 2. The summed E-state index contributed by atoms with van der Waals surface area (Å²) >= 11 is 0. The van der Waals surface area contributed by atoms with Crippen LogP contribution in [0.2, 0.25) is 0 Å². The molecule has 20 nitrogen and oxygen atoms in total. The molecule has 0 bridgehead atoms. The van der Waals surface area contributed by atoms with Gasteiger partial charge in [-0.2, -0.15) is 4.39 Å². The van der Waals surface area contributed by atoms with E-state index in [9.17, 15) is 53.2 Å². The van der Waals surface area contributed by atoms with Gasteiger partial charge in [0.2, 0.25) is 11.6 Å². The zero-order valence-electron chi connectivity index (χ0n) is 27.2. The van der Waals surface area contributed by atoms with E-state index < -0.39 is 86.6 Å². The highest BCUT2D eigenvalue weighted by Crippen LogP contribution is 2.38. The molecule has 0 spiro atoms. The summed E-state index contributed by atoms with van der Waals surface area (Å²) in [6.45, 7) is -4.07. The highest BCUT2D eigenvalue weighted by Gasteiger charge is 2.25. The lowest BCUT2D eigenvalue weighted by Crippen LogP contribution is -2.35. The number of nitrogens with one attached hydrogen (secondary N) is 1. The molecule has 0 fully saturated rings. The number of hydrogen-bond acceptors (Lipinski definition) is 13. The lowest BCUT2D eigenvalue weighted by atomic mass is 10.2. The van der Waals surface area contributed by atoms with Crippen molar-refractivity contribution in [3.8, 4) is 23.1 Å². The van der Waals surface area contributed by atoms with Crippen molar-refractivity contribution in [3.05, 3.63) is 64.4 Å². The van der Waals surface area contributed by atoms with Crippen molar-refractivity contribution >= 4 is 52.1 Å². The van der Waals surface area contributed by atoms with Gasteiger partial charge in [0, 0.05) is 29.5 Å². The molecule has 2 heterocycles. The Morgan fingerprint density at radius 1 is 0.868 bits per heavy atom. The Hall–Kier alpha value is -7.09. The summed E-state index contributed by atoms with van der Waals surface area (Å²) in [7, 11) is 0. The number of azide groups is 1. The van der Waals surface area contributed by atoms with Gasteiger partial charge >= 0.3 is 23.9 Å². The lowest BCUT2D eigenvalue weighted by Gasteiger charge is -2.25. The molecule has 0 atom stereocenters. The van der Waals surface area contributed by atoms with E-state index in [0.29, 0.717) is 17.9 Å². The summed E-state index contributed by atoms with van der Waals surface area (Å²) in [5, 5.41) is 43.7. The topological polar surface area (TPSA) is 291 Å². The van der Waals surface area contributed by atoms with Gasteiger partial charge in [0.05, 0.1) is 17.6 Å². The van der Waals surface area contributed by atoms with Gasteiger partial charge in [-0.25, -0.2) is 9.37 Å². The van der Waals surface area contributed by atoms with Crippen LogP contribution >= 0.6 is 0 Å². The summed E-state index contributed by atoms with van der Waals surface area (Å²) < 4.78 is 51.6. The number of carboxylic acid groups (broad SMARTS) is 4. The summed E-state index contributed by atoms with van der Waals surface area (Å²) in [6, 6.07) is 5.67. The van der Waals surface area contributed by atoms with E-state index in [1.807, 2.05) is 0 Å². The Balaban J connectivity index is 1.61. The van der Waals surface area contributed by atoms with Crippen LogP contribution in [0.5, 0.6) is 11.5 Å². The fraction of sp³-hybridized carbons (Fsp3) is 0.290. The number of carboxylic acids is 4. The molecule has 0 saturated heterocycles. The smallest absolute Gasteiger partial charge is 0.323 e.